The van der Waals surface area contributed by atoms with Crippen LogP contribution in [0.3, 0.4) is 0 Å². The van der Waals surface area contributed by atoms with Crippen LogP contribution >= 0.6 is 0 Å². The van der Waals surface area contributed by atoms with E-state index in [0.717, 1.165) is 36.0 Å². The van der Waals surface area contributed by atoms with E-state index >= 15 is 0 Å². The van der Waals surface area contributed by atoms with Gasteiger partial charge in [0.05, 0.1) is 0 Å². The summed E-state index contributed by atoms with van der Waals surface area (Å²) in [7, 11) is 0. The third kappa shape index (κ3) is 2.63. The molecule has 2 rings (SSSR count). The molecule has 0 amide bonds. The fourth-order valence-electron chi connectivity index (χ4n) is 2.25. The van der Waals surface area contributed by atoms with Crippen molar-refractivity contribution in [1.82, 2.24) is 4.90 Å². The van der Waals surface area contributed by atoms with Crippen molar-refractivity contribution in [2.75, 3.05) is 19.6 Å². The molecule has 0 radical (unpaired) electrons. The van der Waals surface area contributed by atoms with Crippen LogP contribution in [-0.2, 0) is 6.54 Å². The number of phenolic OH excluding ortho intramolecular Hbond substituents is 1. The summed E-state index contributed by atoms with van der Waals surface area (Å²) in [6.45, 7) is 5.26. The summed E-state index contributed by atoms with van der Waals surface area (Å²) < 4.78 is 0. The van der Waals surface area contributed by atoms with Crippen molar-refractivity contribution in [1.29, 1.82) is 0 Å². The lowest BCUT2D eigenvalue weighted by molar-refractivity contribution is 0.285. The van der Waals surface area contributed by atoms with Crippen molar-refractivity contribution >= 4 is 10.8 Å². The standard InChI is InChI=1S/C15H20N2O/c1-2-17(10-9-16)11-14-13-6-4-3-5-12(13)7-8-15(14)18/h3-8,18H,2,9-11,16H2,1H3. The largest absolute Gasteiger partial charge is 0.508 e. The molecular weight excluding hydrogens is 224 g/mol. The molecule has 2 aromatic carbocycles. The number of rotatable bonds is 5. The average molecular weight is 244 g/mol. The first-order valence-corrected chi connectivity index (χ1v) is 6.38. The van der Waals surface area contributed by atoms with Gasteiger partial charge in [0.15, 0.2) is 0 Å². The van der Waals surface area contributed by atoms with Crippen LogP contribution in [0.2, 0.25) is 0 Å². The molecule has 0 saturated carbocycles. The van der Waals surface area contributed by atoms with Crippen LogP contribution in [0.5, 0.6) is 5.75 Å². The van der Waals surface area contributed by atoms with Crippen molar-refractivity contribution < 1.29 is 5.11 Å². The number of phenols is 1. The Bertz CT molecular complexity index is 525. The lowest BCUT2D eigenvalue weighted by Crippen LogP contribution is -2.28. The van der Waals surface area contributed by atoms with Crippen molar-refractivity contribution in [3.05, 3.63) is 42.0 Å². The SMILES string of the molecule is CCN(CCN)Cc1c(O)ccc2ccccc12. The molecule has 0 aliphatic rings. The van der Waals surface area contributed by atoms with Gasteiger partial charge in [0.25, 0.3) is 0 Å². The van der Waals surface area contributed by atoms with Crippen molar-refractivity contribution in [3.8, 4) is 5.75 Å². The van der Waals surface area contributed by atoms with Crippen molar-refractivity contribution in [2.24, 2.45) is 5.73 Å². The molecule has 0 spiro atoms. The average Bonchev–Trinajstić information content (AvgIpc) is 2.41. The van der Waals surface area contributed by atoms with Crippen LogP contribution in [0.4, 0.5) is 0 Å². The van der Waals surface area contributed by atoms with Gasteiger partial charge in [-0.25, -0.2) is 0 Å². The molecule has 0 bridgehead atoms. The first-order chi connectivity index (χ1) is 8.76. The highest BCUT2D eigenvalue weighted by Crippen LogP contribution is 2.28. The van der Waals surface area contributed by atoms with Gasteiger partial charge in [0.1, 0.15) is 5.75 Å². The van der Waals surface area contributed by atoms with E-state index in [1.54, 1.807) is 6.07 Å². The van der Waals surface area contributed by atoms with E-state index in [-0.39, 0.29) is 0 Å². The summed E-state index contributed by atoms with van der Waals surface area (Å²) in [6.07, 6.45) is 0. The Kier molecular flexibility index (Phi) is 4.18. The highest BCUT2D eigenvalue weighted by molar-refractivity contribution is 5.87. The molecule has 0 heterocycles. The van der Waals surface area contributed by atoms with Gasteiger partial charge in [0.2, 0.25) is 0 Å². The minimum absolute atomic E-state index is 0.365. The van der Waals surface area contributed by atoms with Crippen LogP contribution < -0.4 is 5.73 Å². The van der Waals surface area contributed by atoms with Crippen LogP contribution in [0.1, 0.15) is 12.5 Å². The highest BCUT2D eigenvalue weighted by Gasteiger charge is 2.10. The summed E-state index contributed by atoms with van der Waals surface area (Å²) in [5, 5.41) is 12.3. The molecule has 3 heteroatoms. The van der Waals surface area contributed by atoms with E-state index < -0.39 is 0 Å². The van der Waals surface area contributed by atoms with E-state index in [4.69, 9.17) is 5.73 Å². The van der Waals surface area contributed by atoms with E-state index in [1.165, 1.54) is 0 Å². The Hall–Kier alpha value is -1.58. The van der Waals surface area contributed by atoms with Gasteiger partial charge in [-0.1, -0.05) is 37.3 Å². The Labute approximate surface area is 108 Å². The molecule has 2 aromatic rings. The molecule has 0 aliphatic heterocycles. The van der Waals surface area contributed by atoms with E-state index in [2.05, 4.69) is 24.0 Å². The van der Waals surface area contributed by atoms with E-state index in [0.29, 0.717) is 12.3 Å². The molecule has 3 nitrogen and oxygen atoms in total. The lowest BCUT2D eigenvalue weighted by atomic mass is 10.0. The minimum Gasteiger partial charge on any atom is -0.508 e. The fraction of sp³-hybridized carbons (Fsp3) is 0.333. The Morgan fingerprint density at radius 2 is 1.94 bits per heavy atom. The molecule has 18 heavy (non-hydrogen) atoms. The fourth-order valence-corrected chi connectivity index (χ4v) is 2.25. The van der Waals surface area contributed by atoms with Crippen LogP contribution in [0, 0.1) is 0 Å². The minimum atomic E-state index is 0.365. The molecule has 0 saturated heterocycles. The third-order valence-corrected chi connectivity index (χ3v) is 3.29. The number of fused-ring (bicyclic) bond motifs is 1. The molecule has 0 aliphatic carbocycles. The maximum absolute atomic E-state index is 10.1. The van der Waals surface area contributed by atoms with Gasteiger partial charge in [-0.05, 0) is 23.4 Å². The number of nitrogens with zero attached hydrogens (tertiary/aromatic N) is 1. The topological polar surface area (TPSA) is 49.5 Å². The van der Waals surface area contributed by atoms with Crippen LogP contribution in [0.15, 0.2) is 36.4 Å². The van der Waals surface area contributed by atoms with Crippen molar-refractivity contribution in [2.45, 2.75) is 13.5 Å². The summed E-state index contributed by atoms with van der Waals surface area (Å²) in [4.78, 5) is 2.24. The zero-order valence-electron chi connectivity index (χ0n) is 10.8. The number of aromatic hydroxyl groups is 1. The van der Waals surface area contributed by atoms with Gasteiger partial charge in [-0.2, -0.15) is 0 Å². The Morgan fingerprint density at radius 3 is 2.67 bits per heavy atom. The quantitative estimate of drug-likeness (QED) is 0.848. The first-order valence-electron chi connectivity index (χ1n) is 6.38. The Balaban J connectivity index is 2.39. The molecular formula is C15H20N2O. The smallest absolute Gasteiger partial charge is 0.120 e. The summed E-state index contributed by atoms with van der Waals surface area (Å²) in [6, 6.07) is 11.9. The zero-order chi connectivity index (χ0) is 13.0. The molecule has 3 N–H and O–H groups in total. The maximum atomic E-state index is 10.1. The van der Waals surface area contributed by atoms with Crippen LogP contribution in [-0.4, -0.2) is 29.6 Å². The molecule has 0 fully saturated rings. The molecule has 0 unspecified atom stereocenters. The number of likely N-dealkylation sites (N-methyl/N-ethyl adjacent to an activating group) is 1. The number of hydrogen-bond acceptors (Lipinski definition) is 3. The second-order valence-electron chi connectivity index (χ2n) is 4.44. The second-order valence-corrected chi connectivity index (χ2v) is 4.44. The van der Waals surface area contributed by atoms with Crippen molar-refractivity contribution in [3.63, 3.8) is 0 Å². The van der Waals surface area contributed by atoms with Gasteiger partial charge < -0.3 is 10.8 Å². The predicted molar refractivity (Wildman–Crippen MR) is 75.6 cm³/mol. The summed E-state index contributed by atoms with van der Waals surface area (Å²) in [5.74, 6) is 0.365. The Morgan fingerprint density at radius 1 is 1.17 bits per heavy atom. The summed E-state index contributed by atoms with van der Waals surface area (Å²) in [5.41, 5.74) is 6.59. The first kappa shape index (κ1) is 12.9. The maximum Gasteiger partial charge on any atom is 0.120 e. The van der Waals surface area contributed by atoms with Gasteiger partial charge in [0, 0.05) is 25.2 Å². The number of hydrogen-bond donors (Lipinski definition) is 2. The normalized spacial score (nSPS) is 11.3. The highest BCUT2D eigenvalue weighted by atomic mass is 16.3. The number of nitrogens with two attached hydrogens (primary N) is 1. The monoisotopic (exact) mass is 244 g/mol. The second kappa shape index (κ2) is 5.85. The third-order valence-electron chi connectivity index (χ3n) is 3.29. The van der Waals surface area contributed by atoms with Gasteiger partial charge >= 0.3 is 0 Å². The van der Waals surface area contributed by atoms with Crippen LogP contribution in [0.25, 0.3) is 10.8 Å². The summed E-state index contributed by atoms with van der Waals surface area (Å²) >= 11 is 0. The predicted octanol–water partition coefficient (Wildman–Crippen LogP) is 2.33. The van der Waals surface area contributed by atoms with E-state index in [1.807, 2.05) is 18.2 Å². The molecule has 0 aromatic heterocycles. The molecule has 0 atom stereocenters. The van der Waals surface area contributed by atoms with E-state index in [9.17, 15) is 5.11 Å². The lowest BCUT2D eigenvalue weighted by Gasteiger charge is -2.21. The number of benzene rings is 2. The zero-order valence-corrected chi connectivity index (χ0v) is 10.8. The van der Waals surface area contributed by atoms with Gasteiger partial charge in [-0.3, -0.25) is 4.90 Å². The molecule has 96 valence electrons. The van der Waals surface area contributed by atoms with Gasteiger partial charge in [-0.15, -0.1) is 0 Å².